The fourth-order valence-corrected chi connectivity index (χ4v) is 1.74. The van der Waals surface area contributed by atoms with E-state index in [-0.39, 0.29) is 35.1 Å². The van der Waals surface area contributed by atoms with E-state index in [0.717, 1.165) is 0 Å². The number of oxime groups is 1. The molecule has 1 heterocycles. The van der Waals surface area contributed by atoms with E-state index in [2.05, 4.69) is 5.16 Å². The number of hydrogen-bond acceptors (Lipinski definition) is 4. The monoisotopic (exact) mass is 336 g/mol. The van der Waals surface area contributed by atoms with Crippen molar-refractivity contribution in [1.82, 2.24) is 0 Å². The number of nitrogens with zero attached hydrogens (tertiary/aromatic N) is 2. The Morgan fingerprint density at radius 2 is 2.05 bits per heavy atom. The predicted octanol–water partition coefficient (Wildman–Crippen LogP) is -1.63. The number of rotatable bonds is 4. The van der Waals surface area contributed by atoms with Gasteiger partial charge >= 0.3 is 0 Å². The highest BCUT2D eigenvalue weighted by Crippen LogP contribution is 2.11. The molecule has 0 fully saturated rings. The van der Waals surface area contributed by atoms with Crippen molar-refractivity contribution in [2.24, 2.45) is 5.16 Å². The van der Waals surface area contributed by atoms with E-state index in [1.807, 2.05) is 0 Å². The molecule has 104 valence electrons. The first kappa shape index (κ1) is 15.8. The second kappa shape index (κ2) is 7.40. The van der Waals surface area contributed by atoms with Crippen molar-refractivity contribution in [2.75, 3.05) is 0 Å². The van der Waals surface area contributed by atoms with E-state index in [9.17, 15) is 9.90 Å². The Balaban J connectivity index is 0.00000200. The molecule has 0 saturated heterocycles. The highest BCUT2D eigenvalue weighted by atomic mass is 79.9. The summed E-state index contributed by atoms with van der Waals surface area (Å²) in [5, 5.41) is 20.9. The van der Waals surface area contributed by atoms with Crippen LogP contribution in [0.5, 0.6) is 5.75 Å². The molecular weight excluding hydrogens is 324 g/mol. The lowest BCUT2D eigenvalue weighted by Gasteiger charge is -2.01. The summed E-state index contributed by atoms with van der Waals surface area (Å²) >= 11 is 0. The molecular formula is C14H13BrN2O3. The normalized spacial score (nSPS) is 10.2. The van der Waals surface area contributed by atoms with Crippen LogP contribution in [0.15, 0.2) is 53.8 Å². The molecule has 0 unspecified atom stereocenters. The first-order valence-corrected chi connectivity index (χ1v) is 5.69. The maximum Gasteiger partial charge on any atom is 0.227 e. The Hall–Kier alpha value is -2.21. The van der Waals surface area contributed by atoms with Crippen molar-refractivity contribution in [1.29, 1.82) is 0 Å². The van der Waals surface area contributed by atoms with Gasteiger partial charge in [0.15, 0.2) is 6.20 Å². The minimum Gasteiger partial charge on any atom is -1.00 e. The molecule has 0 saturated carbocycles. The maximum absolute atomic E-state index is 12.1. The minimum absolute atomic E-state index is 0. The number of Topliss-reactive ketones (excluding diaryl/α,β-unsaturated/α-hetero) is 1. The van der Waals surface area contributed by atoms with E-state index in [1.54, 1.807) is 41.1 Å². The summed E-state index contributed by atoms with van der Waals surface area (Å²) in [5.41, 5.74) is 1.04. The van der Waals surface area contributed by atoms with Crippen molar-refractivity contribution in [3.8, 4) is 5.75 Å². The lowest BCUT2D eigenvalue weighted by atomic mass is 10.1. The fourth-order valence-electron chi connectivity index (χ4n) is 1.74. The van der Waals surface area contributed by atoms with E-state index in [4.69, 9.17) is 5.21 Å². The number of phenolic OH excluding ortho intramolecular Hbond substituents is 1. The number of benzene rings is 1. The number of ketones is 1. The first-order chi connectivity index (χ1) is 9.20. The van der Waals surface area contributed by atoms with E-state index in [0.29, 0.717) is 11.3 Å². The zero-order valence-corrected chi connectivity index (χ0v) is 12.1. The van der Waals surface area contributed by atoms with Crippen LogP contribution in [0.4, 0.5) is 0 Å². The number of hydrogen-bond donors (Lipinski definition) is 2. The zero-order chi connectivity index (χ0) is 13.7. The predicted molar refractivity (Wildman–Crippen MR) is 68.5 cm³/mol. The molecule has 0 atom stereocenters. The quantitative estimate of drug-likeness (QED) is 0.231. The van der Waals surface area contributed by atoms with Crippen LogP contribution in [0.3, 0.4) is 0 Å². The SMILES string of the molecule is O=C(C[n+]1ccccc1C=NO)c1cccc(O)c1.[Br-]. The molecule has 0 bridgehead atoms. The number of phenols is 1. The van der Waals surface area contributed by atoms with Crippen LogP contribution >= 0.6 is 0 Å². The van der Waals surface area contributed by atoms with Gasteiger partial charge in [0.25, 0.3) is 0 Å². The second-order valence-electron chi connectivity index (χ2n) is 3.97. The van der Waals surface area contributed by atoms with Gasteiger partial charge in [0.2, 0.25) is 18.0 Å². The summed E-state index contributed by atoms with van der Waals surface area (Å²) in [7, 11) is 0. The van der Waals surface area contributed by atoms with Crippen molar-refractivity contribution in [3.05, 3.63) is 59.9 Å². The molecule has 6 heteroatoms. The van der Waals surface area contributed by atoms with Gasteiger partial charge in [0, 0.05) is 17.7 Å². The molecule has 0 aliphatic heterocycles. The molecule has 1 aromatic heterocycles. The van der Waals surface area contributed by atoms with Crippen LogP contribution in [0.2, 0.25) is 0 Å². The standard InChI is InChI=1S/C14H12N2O3.BrH/c17-13-6-3-4-11(8-13)14(18)10-16-7-2-1-5-12(16)9-15-19;/h1-9,17H,10H2;1H. The topological polar surface area (TPSA) is 73.8 Å². The first-order valence-electron chi connectivity index (χ1n) is 5.69. The number of carbonyl (C=O) groups excluding carboxylic acids is 1. The van der Waals surface area contributed by atoms with Gasteiger partial charge in [-0.25, -0.2) is 0 Å². The molecule has 2 aromatic rings. The van der Waals surface area contributed by atoms with Gasteiger partial charge in [-0.05, 0) is 18.2 Å². The third-order valence-electron chi connectivity index (χ3n) is 2.65. The Labute approximate surface area is 126 Å². The smallest absolute Gasteiger partial charge is 0.227 e. The maximum atomic E-state index is 12.1. The molecule has 5 nitrogen and oxygen atoms in total. The molecule has 2 rings (SSSR count). The van der Waals surface area contributed by atoms with Crippen molar-refractivity contribution < 1.29 is 36.7 Å². The zero-order valence-electron chi connectivity index (χ0n) is 10.5. The van der Waals surface area contributed by atoms with Crippen LogP contribution in [0, 0.1) is 0 Å². The Morgan fingerprint density at radius 1 is 1.25 bits per heavy atom. The van der Waals surface area contributed by atoms with Crippen molar-refractivity contribution >= 4 is 12.0 Å². The van der Waals surface area contributed by atoms with Crippen LogP contribution in [0.25, 0.3) is 0 Å². The van der Waals surface area contributed by atoms with E-state index in [1.165, 1.54) is 18.3 Å². The summed E-state index contributed by atoms with van der Waals surface area (Å²) in [6, 6.07) is 11.5. The van der Waals surface area contributed by atoms with Crippen molar-refractivity contribution in [3.63, 3.8) is 0 Å². The molecule has 20 heavy (non-hydrogen) atoms. The van der Waals surface area contributed by atoms with Crippen molar-refractivity contribution in [2.45, 2.75) is 6.54 Å². The van der Waals surface area contributed by atoms with Gasteiger partial charge in [-0.15, -0.1) is 0 Å². The number of aromatic hydroxyl groups is 1. The molecule has 0 amide bonds. The molecule has 2 N–H and O–H groups in total. The number of halogens is 1. The van der Waals surface area contributed by atoms with Gasteiger partial charge in [-0.2, -0.15) is 4.57 Å². The van der Waals surface area contributed by atoms with Crippen LogP contribution in [-0.2, 0) is 6.54 Å². The summed E-state index contributed by atoms with van der Waals surface area (Å²) < 4.78 is 1.66. The summed E-state index contributed by atoms with van der Waals surface area (Å²) in [6.45, 7) is 0.103. The van der Waals surface area contributed by atoms with E-state index < -0.39 is 0 Å². The van der Waals surface area contributed by atoms with Crippen LogP contribution in [-0.4, -0.2) is 22.3 Å². The average molecular weight is 337 g/mol. The molecule has 0 aliphatic carbocycles. The Bertz CT molecular complexity index is 629. The van der Waals surface area contributed by atoms with Gasteiger partial charge < -0.3 is 27.3 Å². The average Bonchev–Trinajstić information content (AvgIpc) is 2.41. The highest BCUT2D eigenvalue weighted by molar-refractivity contribution is 5.95. The fraction of sp³-hybridized carbons (Fsp3) is 0.0714. The Kier molecular flexibility index (Phi) is 5.86. The molecule has 0 radical (unpaired) electrons. The highest BCUT2D eigenvalue weighted by Gasteiger charge is 2.15. The summed E-state index contributed by atoms with van der Waals surface area (Å²) in [5.74, 6) is -0.0826. The van der Waals surface area contributed by atoms with Gasteiger partial charge in [0.1, 0.15) is 12.0 Å². The third-order valence-corrected chi connectivity index (χ3v) is 2.65. The number of pyridine rings is 1. The third kappa shape index (κ3) is 3.89. The van der Waals surface area contributed by atoms with Gasteiger partial charge in [-0.3, -0.25) is 4.79 Å². The second-order valence-corrected chi connectivity index (χ2v) is 3.97. The lowest BCUT2D eigenvalue weighted by Crippen LogP contribution is -3.00. The lowest BCUT2D eigenvalue weighted by molar-refractivity contribution is -0.684. The molecule has 0 spiro atoms. The van der Waals surface area contributed by atoms with Gasteiger partial charge in [0.05, 0.1) is 0 Å². The largest absolute Gasteiger partial charge is 1.00 e. The van der Waals surface area contributed by atoms with Crippen LogP contribution < -0.4 is 21.5 Å². The van der Waals surface area contributed by atoms with E-state index >= 15 is 0 Å². The molecule has 0 aliphatic rings. The van der Waals surface area contributed by atoms with Gasteiger partial charge in [-0.1, -0.05) is 17.3 Å². The summed E-state index contributed by atoms with van der Waals surface area (Å²) in [4.78, 5) is 12.1. The van der Waals surface area contributed by atoms with Crippen LogP contribution in [0.1, 0.15) is 16.1 Å². The Morgan fingerprint density at radius 3 is 2.75 bits per heavy atom. The number of aromatic nitrogens is 1. The summed E-state index contributed by atoms with van der Waals surface area (Å²) in [6.07, 6.45) is 2.98. The number of carbonyl (C=O) groups is 1. The molecule has 1 aromatic carbocycles. The minimum atomic E-state index is -0.139.